The summed E-state index contributed by atoms with van der Waals surface area (Å²) in [7, 11) is 1.57. The van der Waals surface area contributed by atoms with E-state index in [0.29, 0.717) is 11.3 Å². The SMILES string of the molecule is COc1ccc(C#N)cc1[C](C)CO. The molecule has 0 saturated heterocycles. The Hall–Kier alpha value is -1.53. The molecule has 73 valence electrons. The van der Waals surface area contributed by atoms with Crippen molar-refractivity contribution in [3.63, 3.8) is 0 Å². The lowest BCUT2D eigenvalue weighted by Crippen LogP contribution is -2.03. The summed E-state index contributed by atoms with van der Waals surface area (Å²) in [5.74, 6) is 1.47. The van der Waals surface area contributed by atoms with Crippen molar-refractivity contribution in [1.82, 2.24) is 0 Å². The van der Waals surface area contributed by atoms with Crippen LogP contribution in [0.5, 0.6) is 5.75 Å². The molecule has 0 fully saturated rings. The van der Waals surface area contributed by atoms with Crippen molar-refractivity contribution in [1.29, 1.82) is 5.26 Å². The normalized spacial score (nSPS) is 9.93. The summed E-state index contributed by atoms with van der Waals surface area (Å²) in [5, 5.41) is 17.7. The zero-order valence-corrected chi connectivity index (χ0v) is 8.24. The van der Waals surface area contributed by atoms with Crippen LogP contribution in [0.1, 0.15) is 18.1 Å². The van der Waals surface area contributed by atoms with Crippen LogP contribution in [0.4, 0.5) is 0 Å². The van der Waals surface area contributed by atoms with E-state index < -0.39 is 0 Å². The molecule has 0 aliphatic heterocycles. The summed E-state index contributed by atoms with van der Waals surface area (Å²) in [5.41, 5.74) is 1.35. The monoisotopic (exact) mass is 190 g/mol. The summed E-state index contributed by atoms with van der Waals surface area (Å²) < 4.78 is 5.13. The van der Waals surface area contributed by atoms with Gasteiger partial charge in [-0.3, -0.25) is 0 Å². The predicted octanol–water partition coefficient (Wildman–Crippen LogP) is 1.50. The lowest BCUT2D eigenvalue weighted by atomic mass is 9.99. The maximum Gasteiger partial charge on any atom is 0.122 e. The van der Waals surface area contributed by atoms with Crippen LogP contribution in [0, 0.1) is 17.2 Å². The van der Waals surface area contributed by atoms with Gasteiger partial charge < -0.3 is 9.84 Å². The van der Waals surface area contributed by atoms with Crippen LogP contribution in [0.2, 0.25) is 0 Å². The average molecular weight is 190 g/mol. The van der Waals surface area contributed by atoms with E-state index in [1.165, 1.54) is 0 Å². The highest BCUT2D eigenvalue weighted by atomic mass is 16.5. The van der Waals surface area contributed by atoms with Crippen molar-refractivity contribution in [2.45, 2.75) is 6.92 Å². The van der Waals surface area contributed by atoms with Gasteiger partial charge in [0.25, 0.3) is 0 Å². The number of methoxy groups -OCH3 is 1. The fourth-order valence-corrected chi connectivity index (χ4v) is 1.20. The number of rotatable bonds is 3. The largest absolute Gasteiger partial charge is 0.496 e. The molecular formula is C11H12NO2. The molecule has 0 heterocycles. The molecule has 1 N–H and O–H groups in total. The van der Waals surface area contributed by atoms with Crippen LogP contribution in [0.15, 0.2) is 18.2 Å². The topological polar surface area (TPSA) is 53.2 Å². The van der Waals surface area contributed by atoms with E-state index in [4.69, 9.17) is 15.1 Å². The number of hydrogen-bond acceptors (Lipinski definition) is 3. The molecule has 1 aromatic rings. The Morgan fingerprint density at radius 1 is 1.57 bits per heavy atom. The minimum Gasteiger partial charge on any atom is -0.496 e. The van der Waals surface area contributed by atoms with Gasteiger partial charge in [0, 0.05) is 11.5 Å². The Kier molecular flexibility index (Phi) is 3.49. The van der Waals surface area contributed by atoms with Gasteiger partial charge in [0.05, 0.1) is 25.3 Å². The number of hydrogen-bond donors (Lipinski definition) is 1. The molecule has 0 unspecified atom stereocenters. The van der Waals surface area contributed by atoms with Crippen molar-refractivity contribution in [2.24, 2.45) is 0 Å². The molecule has 14 heavy (non-hydrogen) atoms. The van der Waals surface area contributed by atoms with E-state index >= 15 is 0 Å². The van der Waals surface area contributed by atoms with Gasteiger partial charge in [0.15, 0.2) is 0 Å². The first-order valence-corrected chi connectivity index (χ1v) is 4.24. The molecule has 0 aromatic heterocycles. The van der Waals surface area contributed by atoms with Crippen LogP contribution in [-0.4, -0.2) is 18.8 Å². The first kappa shape index (κ1) is 10.6. The molecule has 0 spiro atoms. The van der Waals surface area contributed by atoms with E-state index in [-0.39, 0.29) is 6.61 Å². The molecule has 3 heteroatoms. The maximum absolute atomic E-state index is 9.00. The second kappa shape index (κ2) is 4.64. The van der Waals surface area contributed by atoms with Crippen molar-refractivity contribution < 1.29 is 9.84 Å². The van der Waals surface area contributed by atoms with Crippen molar-refractivity contribution >= 4 is 0 Å². The molecule has 0 saturated carbocycles. The van der Waals surface area contributed by atoms with Gasteiger partial charge in [-0.2, -0.15) is 5.26 Å². The van der Waals surface area contributed by atoms with Crippen molar-refractivity contribution in [3.05, 3.63) is 35.2 Å². The van der Waals surface area contributed by atoms with E-state index in [1.54, 1.807) is 32.2 Å². The number of nitrogens with zero attached hydrogens (tertiary/aromatic N) is 1. The second-order valence-electron chi connectivity index (χ2n) is 2.97. The second-order valence-corrected chi connectivity index (χ2v) is 2.97. The fourth-order valence-electron chi connectivity index (χ4n) is 1.20. The highest BCUT2D eigenvalue weighted by molar-refractivity contribution is 5.48. The number of ether oxygens (including phenoxy) is 1. The third kappa shape index (κ3) is 2.04. The molecule has 1 radical (unpaired) electrons. The van der Waals surface area contributed by atoms with E-state index in [1.807, 2.05) is 6.07 Å². The van der Waals surface area contributed by atoms with Gasteiger partial charge in [-0.15, -0.1) is 0 Å². The van der Waals surface area contributed by atoms with Gasteiger partial charge in [0.2, 0.25) is 0 Å². The molecule has 1 aromatic carbocycles. The van der Waals surface area contributed by atoms with Crippen LogP contribution in [-0.2, 0) is 0 Å². The predicted molar refractivity (Wildman–Crippen MR) is 52.8 cm³/mol. The molecule has 0 bridgehead atoms. The van der Waals surface area contributed by atoms with Crippen LogP contribution >= 0.6 is 0 Å². The molecule has 0 aliphatic carbocycles. The fraction of sp³-hybridized carbons (Fsp3) is 0.273. The number of benzene rings is 1. The zero-order valence-electron chi connectivity index (χ0n) is 8.24. The minimum absolute atomic E-state index is 0.0365. The molecule has 0 amide bonds. The Morgan fingerprint density at radius 2 is 2.29 bits per heavy atom. The van der Waals surface area contributed by atoms with Gasteiger partial charge >= 0.3 is 0 Å². The lowest BCUT2D eigenvalue weighted by molar-refractivity contribution is 0.312. The first-order chi connectivity index (χ1) is 6.72. The van der Waals surface area contributed by atoms with Crippen molar-refractivity contribution in [2.75, 3.05) is 13.7 Å². The smallest absolute Gasteiger partial charge is 0.122 e. The van der Waals surface area contributed by atoms with Gasteiger partial charge in [-0.25, -0.2) is 0 Å². The highest BCUT2D eigenvalue weighted by Gasteiger charge is 2.11. The van der Waals surface area contributed by atoms with Crippen LogP contribution in [0.3, 0.4) is 0 Å². The molecule has 0 atom stereocenters. The Bertz CT molecular complexity index is 355. The number of aliphatic hydroxyl groups is 1. The van der Waals surface area contributed by atoms with Gasteiger partial charge in [-0.05, 0) is 18.2 Å². The lowest BCUT2D eigenvalue weighted by Gasteiger charge is -2.12. The van der Waals surface area contributed by atoms with Crippen LogP contribution in [0.25, 0.3) is 0 Å². The van der Waals surface area contributed by atoms with E-state index in [2.05, 4.69) is 0 Å². The summed E-state index contributed by atoms with van der Waals surface area (Å²) in [6.07, 6.45) is 0. The molecule has 3 nitrogen and oxygen atoms in total. The summed E-state index contributed by atoms with van der Waals surface area (Å²) >= 11 is 0. The highest BCUT2D eigenvalue weighted by Crippen LogP contribution is 2.26. The third-order valence-corrected chi connectivity index (χ3v) is 2.03. The average Bonchev–Trinajstić information content (AvgIpc) is 2.27. The zero-order chi connectivity index (χ0) is 10.6. The molecular weight excluding hydrogens is 178 g/mol. The summed E-state index contributed by atoms with van der Waals surface area (Å²) in [4.78, 5) is 0. The number of aliphatic hydroxyl groups excluding tert-OH is 1. The number of nitriles is 1. The quantitative estimate of drug-likeness (QED) is 0.785. The molecule has 0 aliphatic rings. The molecule has 1 rings (SSSR count). The van der Waals surface area contributed by atoms with E-state index in [9.17, 15) is 0 Å². The van der Waals surface area contributed by atoms with Gasteiger partial charge in [0.1, 0.15) is 5.75 Å². The minimum atomic E-state index is -0.0365. The van der Waals surface area contributed by atoms with E-state index in [0.717, 1.165) is 11.5 Å². The third-order valence-electron chi connectivity index (χ3n) is 2.03. The summed E-state index contributed by atoms with van der Waals surface area (Å²) in [6, 6.07) is 7.18. The van der Waals surface area contributed by atoms with Crippen LogP contribution < -0.4 is 4.74 Å². The Balaban J connectivity index is 3.16. The van der Waals surface area contributed by atoms with Gasteiger partial charge in [-0.1, -0.05) is 6.92 Å². The maximum atomic E-state index is 9.00. The first-order valence-electron chi connectivity index (χ1n) is 4.24. The standard InChI is InChI=1S/C11H12NO2/c1-8(7-13)10-5-9(6-12)3-4-11(10)14-2/h3-5,13H,7H2,1-2H3. The van der Waals surface area contributed by atoms with Crippen molar-refractivity contribution in [3.8, 4) is 11.8 Å². The summed E-state index contributed by atoms with van der Waals surface area (Å²) in [6.45, 7) is 1.77. The Labute approximate surface area is 83.6 Å². The Morgan fingerprint density at radius 3 is 2.79 bits per heavy atom.